The van der Waals surface area contributed by atoms with E-state index in [-0.39, 0.29) is 5.41 Å². The molecule has 4 heteroatoms. The number of alkyl halides is 3. The Labute approximate surface area is 91.7 Å². The predicted molar refractivity (Wildman–Crippen MR) is 55.5 cm³/mol. The minimum absolute atomic E-state index is 0.00338. The molecule has 1 aromatic carbocycles. The summed E-state index contributed by atoms with van der Waals surface area (Å²) in [4.78, 5) is 0. The summed E-state index contributed by atoms with van der Waals surface area (Å²) >= 11 is 0. The molecule has 0 bridgehead atoms. The fourth-order valence-electron chi connectivity index (χ4n) is 2.82. The molecule has 16 heavy (non-hydrogen) atoms. The molecule has 1 heterocycles. The molecule has 86 valence electrons. The zero-order chi connectivity index (χ0) is 11.4. The van der Waals surface area contributed by atoms with E-state index in [1.54, 1.807) is 0 Å². The van der Waals surface area contributed by atoms with E-state index >= 15 is 0 Å². The highest BCUT2D eigenvalue weighted by Crippen LogP contribution is 2.52. The van der Waals surface area contributed by atoms with E-state index in [1.165, 1.54) is 6.07 Å². The van der Waals surface area contributed by atoms with Gasteiger partial charge in [0.05, 0.1) is 11.3 Å². The Morgan fingerprint density at radius 1 is 1.19 bits per heavy atom. The summed E-state index contributed by atoms with van der Waals surface area (Å²) in [6.07, 6.45) is -1.12. The molecule has 2 aliphatic rings. The summed E-state index contributed by atoms with van der Waals surface area (Å²) in [6.45, 7) is 0.662. The standard InChI is InChI=1S/C12H12F3N/c13-12(14,15)9-4-1-3-8-10(9)16-7-11(8)5-2-6-11/h1,3-4,16H,2,5-7H2. The van der Waals surface area contributed by atoms with Gasteiger partial charge in [0.2, 0.25) is 0 Å². The lowest BCUT2D eigenvalue weighted by Gasteiger charge is -2.38. The molecule has 0 atom stereocenters. The monoisotopic (exact) mass is 227 g/mol. The molecule has 1 saturated carbocycles. The van der Waals surface area contributed by atoms with Crippen molar-refractivity contribution >= 4 is 5.69 Å². The van der Waals surface area contributed by atoms with Crippen molar-refractivity contribution in [3.05, 3.63) is 29.3 Å². The summed E-state index contributed by atoms with van der Waals surface area (Å²) in [5.41, 5.74) is 0.661. The fraction of sp³-hybridized carbons (Fsp3) is 0.500. The summed E-state index contributed by atoms with van der Waals surface area (Å²) in [5, 5.41) is 2.95. The lowest BCUT2D eigenvalue weighted by atomic mass is 9.65. The van der Waals surface area contributed by atoms with E-state index in [2.05, 4.69) is 5.32 Å². The minimum atomic E-state index is -4.26. The molecule has 1 nitrogen and oxygen atoms in total. The smallest absolute Gasteiger partial charge is 0.383 e. The van der Waals surface area contributed by atoms with Crippen molar-refractivity contribution in [2.45, 2.75) is 30.9 Å². The lowest BCUT2D eigenvalue weighted by molar-refractivity contribution is -0.136. The Balaban J connectivity index is 2.13. The molecular formula is C12H12F3N. The van der Waals surface area contributed by atoms with Crippen LogP contribution in [0.1, 0.15) is 30.4 Å². The van der Waals surface area contributed by atoms with Crippen LogP contribution in [0.4, 0.5) is 18.9 Å². The second-order valence-corrected chi connectivity index (χ2v) is 4.71. The number of hydrogen-bond donors (Lipinski definition) is 1. The summed E-state index contributed by atoms with van der Waals surface area (Å²) in [6, 6.07) is 4.52. The van der Waals surface area contributed by atoms with Crippen LogP contribution in [0.15, 0.2) is 18.2 Å². The Morgan fingerprint density at radius 2 is 1.94 bits per heavy atom. The Bertz CT molecular complexity index is 432. The average Bonchev–Trinajstić information content (AvgIpc) is 2.53. The molecule has 0 aromatic heterocycles. The highest BCUT2D eigenvalue weighted by Gasteiger charge is 2.47. The van der Waals surface area contributed by atoms with Crippen molar-refractivity contribution in [1.29, 1.82) is 0 Å². The first-order valence-electron chi connectivity index (χ1n) is 5.48. The molecule has 1 aliphatic carbocycles. The molecule has 1 N–H and O–H groups in total. The quantitative estimate of drug-likeness (QED) is 0.714. The second-order valence-electron chi connectivity index (χ2n) is 4.71. The number of fused-ring (bicyclic) bond motifs is 2. The number of para-hydroxylation sites is 1. The van der Waals surface area contributed by atoms with Gasteiger partial charge in [-0.15, -0.1) is 0 Å². The lowest BCUT2D eigenvalue weighted by Crippen LogP contribution is -2.35. The van der Waals surface area contributed by atoms with Crippen LogP contribution in [-0.4, -0.2) is 6.54 Å². The Morgan fingerprint density at radius 3 is 2.50 bits per heavy atom. The third kappa shape index (κ3) is 1.19. The highest BCUT2D eigenvalue weighted by molar-refractivity contribution is 5.66. The van der Waals surface area contributed by atoms with Crippen molar-refractivity contribution in [2.75, 3.05) is 11.9 Å². The van der Waals surface area contributed by atoms with Crippen LogP contribution in [0.3, 0.4) is 0 Å². The van der Waals surface area contributed by atoms with Crippen LogP contribution in [0.2, 0.25) is 0 Å². The molecule has 1 spiro atoms. The molecule has 1 aliphatic heterocycles. The van der Waals surface area contributed by atoms with Crippen molar-refractivity contribution in [2.24, 2.45) is 0 Å². The van der Waals surface area contributed by atoms with Crippen molar-refractivity contribution < 1.29 is 13.2 Å². The van der Waals surface area contributed by atoms with Crippen LogP contribution in [0, 0.1) is 0 Å². The van der Waals surface area contributed by atoms with Crippen LogP contribution >= 0.6 is 0 Å². The molecule has 1 aromatic rings. The fourth-order valence-corrected chi connectivity index (χ4v) is 2.82. The zero-order valence-corrected chi connectivity index (χ0v) is 8.69. The van der Waals surface area contributed by atoms with E-state index in [1.807, 2.05) is 6.07 Å². The van der Waals surface area contributed by atoms with Gasteiger partial charge in [-0.3, -0.25) is 0 Å². The topological polar surface area (TPSA) is 12.0 Å². The summed E-state index contributed by atoms with van der Waals surface area (Å²) < 4.78 is 38.3. The van der Waals surface area contributed by atoms with Crippen molar-refractivity contribution in [1.82, 2.24) is 0 Å². The van der Waals surface area contributed by atoms with Gasteiger partial charge in [-0.1, -0.05) is 18.6 Å². The van der Waals surface area contributed by atoms with Crippen LogP contribution in [-0.2, 0) is 11.6 Å². The molecule has 0 radical (unpaired) electrons. The van der Waals surface area contributed by atoms with Gasteiger partial charge in [0, 0.05) is 12.0 Å². The van der Waals surface area contributed by atoms with Gasteiger partial charge in [0.25, 0.3) is 0 Å². The largest absolute Gasteiger partial charge is 0.418 e. The van der Waals surface area contributed by atoms with Crippen LogP contribution in [0.5, 0.6) is 0 Å². The first kappa shape index (κ1) is 10.00. The summed E-state index contributed by atoms with van der Waals surface area (Å²) in [5.74, 6) is 0. The second kappa shape index (κ2) is 2.93. The van der Waals surface area contributed by atoms with Crippen LogP contribution < -0.4 is 5.32 Å². The summed E-state index contributed by atoms with van der Waals surface area (Å²) in [7, 11) is 0. The third-order valence-corrected chi connectivity index (χ3v) is 3.86. The maximum Gasteiger partial charge on any atom is 0.418 e. The van der Waals surface area contributed by atoms with Gasteiger partial charge in [-0.2, -0.15) is 13.2 Å². The molecule has 3 rings (SSSR count). The van der Waals surface area contributed by atoms with Crippen molar-refractivity contribution in [3.63, 3.8) is 0 Å². The van der Waals surface area contributed by atoms with Gasteiger partial charge in [-0.25, -0.2) is 0 Å². The van der Waals surface area contributed by atoms with E-state index < -0.39 is 11.7 Å². The molecule has 0 saturated heterocycles. The molecular weight excluding hydrogens is 215 g/mol. The van der Waals surface area contributed by atoms with E-state index in [4.69, 9.17) is 0 Å². The number of nitrogens with one attached hydrogen (secondary N) is 1. The van der Waals surface area contributed by atoms with E-state index in [9.17, 15) is 13.2 Å². The number of rotatable bonds is 0. The third-order valence-electron chi connectivity index (χ3n) is 3.86. The van der Waals surface area contributed by atoms with Gasteiger partial charge < -0.3 is 5.32 Å². The molecule has 0 unspecified atom stereocenters. The molecule has 0 amide bonds. The highest BCUT2D eigenvalue weighted by atomic mass is 19.4. The van der Waals surface area contributed by atoms with Crippen LogP contribution in [0.25, 0.3) is 0 Å². The SMILES string of the molecule is FC(F)(F)c1cccc2c1NCC21CCC1. The minimum Gasteiger partial charge on any atom is -0.383 e. The number of benzene rings is 1. The van der Waals surface area contributed by atoms with Gasteiger partial charge in [0.1, 0.15) is 0 Å². The average molecular weight is 227 g/mol. The number of hydrogen-bond acceptors (Lipinski definition) is 1. The Kier molecular flexibility index (Phi) is 1.83. The van der Waals surface area contributed by atoms with E-state index in [0.717, 1.165) is 30.9 Å². The first-order chi connectivity index (χ1) is 7.53. The number of anilines is 1. The first-order valence-corrected chi connectivity index (χ1v) is 5.48. The van der Waals surface area contributed by atoms with Crippen molar-refractivity contribution in [3.8, 4) is 0 Å². The Hall–Kier alpha value is -1.19. The normalized spacial score (nSPS) is 21.4. The maximum atomic E-state index is 12.8. The maximum absolute atomic E-state index is 12.8. The van der Waals surface area contributed by atoms with Gasteiger partial charge in [0.15, 0.2) is 0 Å². The van der Waals surface area contributed by atoms with E-state index in [0.29, 0.717) is 12.2 Å². The molecule has 1 fully saturated rings. The van der Waals surface area contributed by atoms with Gasteiger partial charge >= 0.3 is 6.18 Å². The zero-order valence-electron chi connectivity index (χ0n) is 8.69. The predicted octanol–water partition coefficient (Wildman–Crippen LogP) is 3.55. The van der Waals surface area contributed by atoms with Gasteiger partial charge in [-0.05, 0) is 24.5 Å². The number of halogens is 3.